The highest BCUT2D eigenvalue weighted by molar-refractivity contribution is 6.12. The quantitative estimate of drug-likeness (QED) is 0.210. The van der Waals surface area contributed by atoms with Crippen molar-refractivity contribution in [3.8, 4) is 56.4 Å². The topological polar surface area (TPSA) is 51.8 Å². The highest BCUT2D eigenvalue weighted by Crippen LogP contribution is 2.39. The van der Waals surface area contributed by atoms with Crippen LogP contribution in [0.2, 0.25) is 0 Å². The molecular weight excluding hydrogens is 526 g/mol. The van der Waals surface area contributed by atoms with E-state index < -0.39 is 36.3 Å². The number of nitrogens with zero attached hydrogens (tertiary/aromatic N) is 3. The van der Waals surface area contributed by atoms with E-state index in [1.54, 1.807) is 42.5 Å². The molecule has 202 valence electrons. The zero-order chi connectivity index (χ0) is 37.3. The SMILES string of the molecule is [2H]c1c([2H])c([2H])c(-c2cccc(-c3nc(-c4ccccc4)nc(-c4cccc5c4oc4c(-c6c([2H])c([2H])c([2H])c([2H])c6[2H])cccc45)n3)c2)c([2H])c1[2H]. The summed E-state index contributed by atoms with van der Waals surface area (Å²) in [4.78, 5) is 14.5. The van der Waals surface area contributed by atoms with Gasteiger partial charge in [0.05, 0.1) is 19.3 Å². The first kappa shape index (κ1) is 16.5. The highest BCUT2D eigenvalue weighted by atomic mass is 16.3. The molecule has 0 amide bonds. The number of aromatic nitrogens is 3. The van der Waals surface area contributed by atoms with E-state index in [2.05, 4.69) is 0 Å². The molecule has 0 saturated carbocycles. The molecule has 8 aromatic rings. The third-order valence-electron chi connectivity index (χ3n) is 7.11. The maximum atomic E-state index is 8.60. The van der Waals surface area contributed by atoms with E-state index >= 15 is 0 Å². The van der Waals surface area contributed by atoms with Crippen LogP contribution in [0.5, 0.6) is 0 Å². The molecule has 0 N–H and O–H groups in total. The molecule has 6 aromatic carbocycles. The molecule has 4 heteroatoms. The molecule has 0 radical (unpaired) electrons. The maximum Gasteiger partial charge on any atom is 0.167 e. The molecule has 0 aliphatic heterocycles. The molecule has 8 rings (SSSR count). The fraction of sp³-hybridized carbons (Fsp3) is 0. The van der Waals surface area contributed by atoms with E-state index in [1.165, 1.54) is 0 Å². The Hall–Kier alpha value is -5.87. The molecule has 0 spiro atoms. The lowest BCUT2D eigenvalue weighted by Gasteiger charge is -2.10. The lowest BCUT2D eigenvalue weighted by molar-refractivity contribution is 0.670. The Morgan fingerprint density at radius 1 is 0.419 bits per heavy atom. The third kappa shape index (κ3) is 4.55. The summed E-state index contributed by atoms with van der Waals surface area (Å²) in [7, 11) is 0. The minimum absolute atomic E-state index is 0.0232. The lowest BCUT2D eigenvalue weighted by atomic mass is 10.0. The average Bonchev–Trinajstić information content (AvgIpc) is 3.58. The first-order valence-corrected chi connectivity index (χ1v) is 13.5. The van der Waals surface area contributed by atoms with Crippen LogP contribution in [0.1, 0.15) is 13.7 Å². The van der Waals surface area contributed by atoms with E-state index in [-0.39, 0.29) is 46.9 Å². The number of hydrogen-bond donors (Lipinski definition) is 0. The summed E-state index contributed by atoms with van der Waals surface area (Å²) < 4.78 is 89.7. The fourth-order valence-corrected chi connectivity index (χ4v) is 5.13. The summed E-state index contributed by atoms with van der Waals surface area (Å²) in [6.07, 6.45) is 0. The van der Waals surface area contributed by atoms with Gasteiger partial charge >= 0.3 is 0 Å². The first-order valence-electron chi connectivity index (χ1n) is 18.5. The number of furan rings is 1. The number of benzene rings is 6. The summed E-state index contributed by atoms with van der Waals surface area (Å²) >= 11 is 0. The van der Waals surface area contributed by atoms with Gasteiger partial charge in [0, 0.05) is 27.5 Å². The predicted octanol–water partition coefficient (Wildman–Crippen LogP) is 10.1. The van der Waals surface area contributed by atoms with Crippen LogP contribution in [0.25, 0.3) is 78.4 Å². The van der Waals surface area contributed by atoms with Gasteiger partial charge in [0.2, 0.25) is 0 Å². The lowest BCUT2D eigenvalue weighted by Crippen LogP contribution is -2.00. The van der Waals surface area contributed by atoms with Gasteiger partial charge in [0.15, 0.2) is 17.5 Å². The van der Waals surface area contributed by atoms with E-state index in [4.69, 9.17) is 33.1 Å². The van der Waals surface area contributed by atoms with Gasteiger partial charge in [-0.25, -0.2) is 15.0 Å². The second-order valence-corrected chi connectivity index (χ2v) is 9.72. The summed E-state index contributed by atoms with van der Waals surface area (Å²) in [6.45, 7) is 0. The number of para-hydroxylation sites is 2. The van der Waals surface area contributed by atoms with Gasteiger partial charge in [-0.3, -0.25) is 0 Å². The number of rotatable bonds is 5. The van der Waals surface area contributed by atoms with Crippen LogP contribution in [0, 0.1) is 0 Å². The fourth-order valence-electron chi connectivity index (χ4n) is 5.13. The zero-order valence-electron chi connectivity index (χ0n) is 32.4. The Balaban J connectivity index is 1.35. The van der Waals surface area contributed by atoms with Gasteiger partial charge in [-0.2, -0.15) is 0 Å². The van der Waals surface area contributed by atoms with E-state index in [0.717, 1.165) is 0 Å². The van der Waals surface area contributed by atoms with E-state index in [9.17, 15) is 0 Å². The van der Waals surface area contributed by atoms with Crippen LogP contribution in [0.3, 0.4) is 0 Å². The summed E-state index contributed by atoms with van der Waals surface area (Å²) in [6, 6.07) is 22.8. The van der Waals surface area contributed by atoms with Crippen molar-refractivity contribution in [1.29, 1.82) is 0 Å². The normalized spacial score (nSPS) is 14.5. The minimum atomic E-state index is -0.485. The Kier molecular flexibility index (Phi) is 4.04. The monoisotopic (exact) mass is 561 g/mol. The zero-order valence-corrected chi connectivity index (χ0v) is 22.4. The molecule has 0 saturated heterocycles. The Labute approximate surface area is 263 Å². The van der Waals surface area contributed by atoms with Crippen molar-refractivity contribution < 1.29 is 18.1 Å². The van der Waals surface area contributed by atoms with E-state index in [0.29, 0.717) is 55.6 Å². The van der Waals surface area contributed by atoms with Crippen LogP contribution in [0.4, 0.5) is 0 Å². The van der Waals surface area contributed by atoms with Crippen LogP contribution in [0.15, 0.2) is 156 Å². The molecule has 0 atom stereocenters. The molecule has 2 heterocycles. The summed E-state index contributed by atoms with van der Waals surface area (Å²) in [5.41, 5.74) is 3.27. The molecule has 2 aromatic heterocycles. The molecule has 0 aliphatic carbocycles. The molecule has 0 fully saturated rings. The third-order valence-corrected chi connectivity index (χ3v) is 7.11. The van der Waals surface area contributed by atoms with Crippen molar-refractivity contribution in [3.63, 3.8) is 0 Å². The second-order valence-electron chi connectivity index (χ2n) is 9.72. The van der Waals surface area contributed by atoms with Gasteiger partial charge in [0.1, 0.15) is 11.2 Å². The van der Waals surface area contributed by atoms with Gasteiger partial charge in [-0.1, -0.05) is 139 Å². The largest absolute Gasteiger partial charge is 0.455 e. The molecule has 4 nitrogen and oxygen atoms in total. The van der Waals surface area contributed by atoms with Gasteiger partial charge in [0.25, 0.3) is 0 Å². The van der Waals surface area contributed by atoms with Crippen molar-refractivity contribution in [1.82, 2.24) is 15.0 Å². The Bertz CT molecular complexity index is 2750. The van der Waals surface area contributed by atoms with Crippen LogP contribution < -0.4 is 0 Å². The van der Waals surface area contributed by atoms with Crippen LogP contribution in [-0.2, 0) is 0 Å². The predicted molar refractivity (Wildman–Crippen MR) is 174 cm³/mol. The molecule has 0 bridgehead atoms. The number of hydrogen-bond acceptors (Lipinski definition) is 4. The highest BCUT2D eigenvalue weighted by Gasteiger charge is 2.19. The summed E-state index contributed by atoms with van der Waals surface area (Å²) in [5, 5.41) is 1.35. The van der Waals surface area contributed by atoms with Crippen LogP contribution >= 0.6 is 0 Å². The smallest absolute Gasteiger partial charge is 0.167 e. The average molecular weight is 562 g/mol. The van der Waals surface area contributed by atoms with Gasteiger partial charge in [-0.15, -0.1) is 0 Å². The van der Waals surface area contributed by atoms with E-state index in [1.807, 2.05) is 48.5 Å². The van der Waals surface area contributed by atoms with Crippen molar-refractivity contribution in [3.05, 3.63) is 151 Å². The standard InChI is InChI=1S/C39H25N3O/c1-4-13-26(14-5-1)29-19-10-20-30(25-29)38-40-37(28-17-8-3-9-18-28)41-39(42-38)34-24-12-23-33-32-22-11-21-31(35(32)43-36(33)34)27-15-6-2-7-16-27/h1-25H/i1D,2D,4D,5D,6D,7D,13D,14D,15D,16D. The van der Waals surface area contributed by atoms with Crippen molar-refractivity contribution in [2.75, 3.05) is 0 Å². The van der Waals surface area contributed by atoms with Gasteiger partial charge in [-0.05, 0) is 28.8 Å². The number of fused-ring (bicyclic) bond motifs is 3. The minimum Gasteiger partial charge on any atom is -0.455 e. The molecule has 0 aliphatic rings. The van der Waals surface area contributed by atoms with Crippen molar-refractivity contribution in [2.45, 2.75) is 0 Å². The van der Waals surface area contributed by atoms with Crippen LogP contribution in [-0.4, -0.2) is 15.0 Å². The Morgan fingerprint density at radius 3 is 1.67 bits per heavy atom. The molecular formula is C39H25N3O. The second kappa shape index (κ2) is 10.5. The maximum absolute atomic E-state index is 8.60. The first-order chi connectivity index (χ1) is 25.5. The summed E-state index contributed by atoms with van der Waals surface area (Å²) in [5.74, 6) is 0.874. The van der Waals surface area contributed by atoms with Crippen molar-refractivity contribution in [2.24, 2.45) is 0 Å². The van der Waals surface area contributed by atoms with Crippen molar-refractivity contribution >= 4 is 21.9 Å². The molecule has 43 heavy (non-hydrogen) atoms. The Morgan fingerprint density at radius 2 is 0.953 bits per heavy atom. The molecule has 0 unspecified atom stereocenters. The van der Waals surface area contributed by atoms with Gasteiger partial charge < -0.3 is 4.42 Å².